The molecular formula is C13H19NO3S. The largest absolute Gasteiger partial charge is 0.480 e. The molecule has 0 unspecified atom stereocenters. The fraction of sp³-hybridized carbons (Fsp3) is 0.538. The van der Waals surface area contributed by atoms with Gasteiger partial charge in [0, 0.05) is 11.4 Å². The van der Waals surface area contributed by atoms with Crippen molar-refractivity contribution < 1.29 is 14.7 Å². The first-order valence-corrected chi connectivity index (χ1v) is 6.91. The van der Waals surface area contributed by atoms with Crippen molar-refractivity contribution in [1.29, 1.82) is 0 Å². The van der Waals surface area contributed by atoms with Crippen molar-refractivity contribution in [2.24, 2.45) is 0 Å². The van der Waals surface area contributed by atoms with E-state index in [1.807, 2.05) is 13.0 Å². The Hall–Kier alpha value is -1.36. The van der Waals surface area contributed by atoms with Gasteiger partial charge in [-0.1, -0.05) is 13.3 Å². The normalized spacial score (nSPS) is 10.4. The molecule has 1 heterocycles. The number of hydrogen-bond donors (Lipinski definition) is 1. The molecular weight excluding hydrogens is 250 g/mol. The number of aryl methyl sites for hydroxylation is 2. The van der Waals surface area contributed by atoms with Gasteiger partial charge in [-0.3, -0.25) is 9.59 Å². The molecule has 1 N–H and O–H groups in total. The number of carboxylic acids is 1. The summed E-state index contributed by atoms with van der Waals surface area (Å²) in [6.07, 6.45) is 2.00. The lowest BCUT2D eigenvalue weighted by molar-refractivity contribution is -0.137. The molecule has 1 amide bonds. The molecule has 100 valence electrons. The molecule has 18 heavy (non-hydrogen) atoms. The maximum atomic E-state index is 12.2. The number of hydrogen-bond acceptors (Lipinski definition) is 3. The molecule has 1 rings (SSSR count). The Morgan fingerprint density at radius 1 is 1.39 bits per heavy atom. The zero-order chi connectivity index (χ0) is 13.7. The molecule has 1 aromatic rings. The van der Waals surface area contributed by atoms with Crippen LogP contribution < -0.4 is 0 Å². The molecule has 0 aliphatic carbocycles. The summed E-state index contributed by atoms with van der Waals surface area (Å²) in [4.78, 5) is 26.0. The van der Waals surface area contributed by atoms with Crippen LogP contribution in [-0.4, -0.2) is 35.0 Å². The van der Waals surface area contributed by atoms with Crippen molar-refractivity contribution in [3.63, 3.8) is 0 Å². The molecule has 0 aliphatic heterocycles. The minimum absolute atomic E-state index is 0.185. The Morgan fingerprint density at radius 3 is 2.56 bits per heavy atom. The number of aliphatic carboxylic acids is 1. The predicted molar refractivity (Wildman–Crippen MR) is 72.3 cm³/mol. The molecule has 0 saturated carbocycles. The van der Waals surface area contributed by atoms with Gasteiger partial charge in [0.2, 0.25) is 0 Å². The van der Waals surface area contributed by atoms with Gasteiger partial charge in [-0.15, -0.1) is 11.3 Å². The van der Waals surface area contributed by atoms with Gasteiger partial charge in [-0.25, -0.2) is 0 Å². The van der Waals surface area contributed by atoms with Crippen LogP contribution >= 0.6 is 11.3 Å². The second kappa shape index (κ2) is 6.54. The number of amides is 1. The van der Waals surface area contributed by atoms with E-state index in [4.69, 9.17) is 5.11 Å². The molecule has 0 fully saturated rings. The summed E-state index contributed by atoms with van der Waals surface area (Å²) >= 11 is 1.45. The van der Waals surface area contributed by atoms with Crippen LogP contribution in [0.4, 0.5) is 0 Å². The molecule has 0 aromatic carbocycles. The zero-order valence-electron chi connectivity index (χ0n) is 11.0. The highest BCUT2D eigenvalue weighted by Crippen LogP contribution is 2.24. The third-order valence-corrected chi connectivity index (χ3v) is 3.83. The number of likely N-dealkylation sites (N-methyl/N-ethyl adjacent to an activating group) is 1. The Labute approximate surface area is 111 Å². The van der Waals surface area contributed by atoms with E-state index >= 15 is 0 Å². The molecule has 0 radical (unpaired) electrons. The fourth-order valence-electron chi connectivity index (χ4n) is 1.79. The second-order valence-electron chi connectivity index (χ2n) is 4.16. The molecule has 0 atom stereocenters. The quantitative estimate of drug-likeness (QED) is 0.863. The van der Waals surface area contributed by atoms with Crippen molar-refractivity contribution in [1.82, 2.24) is 4.90 Å². The third kappa shape index (κ3) is 3.57. The lowest BCUT2D eigenvalue weighted by Crippen LogP contribution is -2.34. The highest BCUT2D eigenvalue weighted by Gasteiger charge is 2.19. The SMILES string of the molecule is CCCc1cc(C(=O)N(CC)CC(=O)O)sc1C. The molecule has 5 heteroatoms. The average molecular weight is 269 g/mol. The van der Waals surface area contributed by atoms with Crippen LogP contribution in [0.3, 0.4) is 0 Å². The van der Waals surface area contributed by atoms with Gasteiger partial charge in [0.25, 0.3) is 5.91 Å². The molecule has 4 nitrogen and oxygen atoms in total. The van der Waals surface area contributed by atoms with Crippen molar-refractivity contribution in [2.45, 2.75) is 33.6 Å². The molecule has 0 bridgehead atoms. The van der Waals surface area contributed by atoms with Crippen LogP contribution in [0.2, 0.25) is 0 Å². The van der Waals surface area contributed by atoms with Crippen LogP contribution in [-0.2, 0) is 11.2 Å². The van der Waals surface area contributed by atoms with Crippen LogP contribution in [0.25, 0.3) is 0 Å². The van der Waals surface area contributed by atoms with Crippen molar-refractivity contribution >= 4 is 23.2 Å². The Morgan fingerprint density at radius 2 is 2.06 bits per heavy atom. The molecule has 1 aromatic heterocycles. The molecule has 0 saturated heterocycles. The third-order valence-electron chi connectivity index (χ3n) is 2.75. The Balaban J connectivity index is 2.88. The monoisotopic (exact) mass is 269 g/mol. The van der Waals surface area contributed by atoms with E-state index in [-0.39, 0.29) is 12.5 Å². The fourth-order valence-corrected chi connectivity index (χ4v) is 2.83. The van der Waals surface area contributed by atoms with E-state index in [1.54, 1.807) is 6.92 Å². The number of nitrogens with zero attached hydrogens (tertiary/aromatic N) is 1. The Bertz CT molecular complexity index is 439. The number of thiophene rings is 1. The smallest absolute Gasteiger partial charge is 0.323 e. The first-order chi connectivity index (χ1) is 8.49. The summed E-state index contributed by atoms with van der Waals surface area (Å²) in [5, 5.41) is 8.76. The van der Waals surface area contributed by atoms with E-state index in [0.717, 1.165) is 17.7 Å². The summed E-state index contributed by atoms with van der Waals surface area (Å²) in [5.74, 6) is -1.16. The van der Waals surface area contributed by atoms with Gasteiger partial charge in [-0.2, -0.15) is 0 Å². The van der Waals surface area contributed by atoms with E-state index in [1.165, 1.54) is 21.8 Å². The van der Waals surface area contributed by atoms with Crippen LogP contribution in [0, 0.1) is 6.92 Å². The highest BCUT2D eigenvalue weighted by molar-refractivity contribution is 7.14. The van der Waals surface area contributed by atoms with E-state index in [2.05, 4.69) is 6.92 Å². The number of carbonyl (C=O) groups excluding carboxylic acids is 1. The number of carbonyl (C=O) groups is 2. The van der Waals surface area contributed by atoms with Crippen LogP contribution in [0.1, 0.15) is 40.4 Å². The van der Waals surface area contributed by atoms with Crippen LogP contribution in [0.5, 0.6) is 0 Å². The summed E-state index contributed by atoms with van der Waals surface area (Å²) in [7, 11) is 0. The van der Waals surface area contributed by atoms with Crippen molar-refractivity contribution in [2.75, 3.05) is 13.1 Å². The zero-order valence-corrected chi connectivity index (χ0v) is 11.8. The van der Waals surface area contributed by atoms with Gasteiger partial charge in [0.15, 0.2) is 0 Å². The molecule has 0 aliphatic rings. The highest BCUT2D eigenvalue weighted by atomic mass is 32.1. The molecule has 0 spiro atoms. The van der Waals surface area contributed by atoms with Gasteiger partial charge in [0.1, 0.15) is 6.54 Å². The number of rotatable bonds is 6. The maximum Gasteiger partial charge on any atom is 0.323 e. The van der Waals surface area contributed by atoms with Gasteiger partial charge in [-0.05, 0) is 31.9 Å². The average Bonchev–Trinajstić information content (AvgIpc) is 2.67. The predicted octanol–water partition coefficient (Wildman–Crippen LogP) is 2.56. The van der Waals surface area contributed by atoms with E-state index in [0.29, 0.717) is 11.4 Å². The number of carboxylic acid groups (broad SMARTS) is 1. The lowest BCUT2D eigenvalue weighted by atomic mass is 10.1. The Kier molecular flexibility index (Phi) is 5.34. The minimum atomic E-state index is -0.979. The standard InChI is InChI=1S/C13H19NO3S/c1-4-6-10-7-11(18-9(10)3)13(17)14(5-2)8-12(15)16/h7H,4-6,8H2,1-3H3,(H,15,16). The maximum absolute atomic E-state index is 12.2. The second-order valence-corrected chi connectivity index (χ2v) is 5.41. The first kappa shape index (κ1) is 14.7. The van der Waals surface area contributed by atoms with Gasteiger partial charge < -0.3 is 10.0 Å². The van der Waals surface area contributed by atoms with Crippen molar-refractivity contribution in [3.8, 4) is 0 Å². The van der Waals surface area contributed by atoms with Crippen molar-refractivity contribution in [3.05, 3.63) is 21.4 Å². The van der Waals surface area contributed by atoms with E-state index in [9.17, 15) is 9.59 Å². The first-order valence-electron chi connectivity index (χ1n) is 6.09. The summed E-state index contributed by atoms with van der Waals surface area (Å²) in [6.45, 7) is 6.05. The van der Waals surface area contributed by atoms with Gasteiger partial charge in [0.05, 0.1) is 4.88 Å². The summed E-state index contributed by atoms with van der Waals surface area (Å²) in [6, 6.07) is 1.90. The summed E-state index contributed by atoms with van der Waals surface area (Å²) in [5.41, 5.74) is 1.19. The van der Waals surface area contributed by atoms with Gasteiger partial charge >= 0.3 is 5.97 Å². The van der Waals surface area contributed by atoms with E-state index < -0.39 is 5.97 Å². The van der Waals surface area contributed by atoms with Crippen LogP contribution in [0.15, 0.2) is 6.07 Å². The summed E-state index contributed by atoms with van der Waals surface area (Å²) < 4.78 is 0. The minimum Gasteiger partial charge on any atom is -0.480 e. The lowest BCUT2D eigenvalue weighted by Gasteiger charge is -2.17. The topological polar surface area (TPSA) is 57.6 Å².